The van der Waals surface area contributed by atoms with Crippen molar-refractivity contribution in [3.63, 3.8) is 0 Å². The molecule has 328 valence electrons. The maximum Gasteiger partial charge on any atom is 0.469 e. The van der Waals surface area contributed by atoms with E-state index in [1.165, 1.54) is 109 Å². The third-order valence-electron chi connectivity index (χ3n) is 10.3. The Bertz CT molecular complexity index is 1040. The van der Waals surface area contributed by atoms with Crippen molar-refractivity contribution in [1.82, 2.24) is 0 Å². The van der Waals surface area contributed by atoms with Crippen LogP contribution in [0.25, 0.3) is 0 Å². The van der Waals surface area contributed by atoms with Crippen LogP contribution in [0.3, 0.4) is 0 Å². The molecule has 0 aliphatic rings. The Morgan fingerprint density at radius 1 is 0.607 bits per heavy atom. The molecule has 0 saturated carbocycles. The van der Waals surface area contributed by atoms with E-state index in [1.807, 2.05) is 24.3 Å². The zero-order valence-electron chi connectivity index (χ0n) is 36.1. The molecule has 0 heterocycles. The van der Waals surface area contributed by atoms with Gasteiger partial charge in [0.05, 0.1) is 12.7 Å². The Labute approximate surface area is 343 Å². The fourth-order valence-corrected chi connectivity index (χ4v) is 6.86. The topological polar surface area (TPSA) is 140 Å². The van der Waals surface area contributed by atoms with Gasteiger partial charge in [0.25, 0.3) is 0 Å². The summed E-state index contributed by atoms with van der Waals surface area (Å²) in [5, 5.41) is 9.85. The number of phosphoric ester groups is 1. The second-order valence-corrected chi connectivity index (χ2v) is 17.0. The lowest BCUT2D eigenvalue weighted by atomic mass is 9.99. The molecule has 0 spiro atoms. The molecule has 10 heteroatoms. The first-order chi connectivity index (χ1) is 27.1. The molecule has 56 heavy (non-hydrogen) atoms. The second-order valence-electron chi connectivity index (χ2n) is 15.8. The first kappa shape index (κ1) is 54.2. The van der Waals surface area contributed by atoms with Gasteiger partial charge in [-0.2, -0.15) is 0 Å². The van der Waals surface area contributed by atoms with Crippen molar-refractivity contribution < 1.29 is 43.0 Å². The molecule has 0 aliphatic heterocycles. The lowest BCUT2D eigenvalue weighted by molar-refractivity contribution is -0.161. The van der Waals surface area contributed by atoms with E-state index in [0.717, 1.165) is 63.7 Å². The maximum absolute atomic E-state index is 12.4. The number of unbranched alkanes of at least 4 members (excludes halogenated alkanes) is 22. The van der Waals surface area contributed by atoms with E-state index in [0.29, 0.717) is 12.8 Å². The number of ether oxygens (including phenoxy) is 2. The minimum atomic E-state index is -4.77. The lowest BCUT2D eigenvalue weighted by Crippen LogP contribution is -2.29. The van der Waals surface area contributed by atoms with Crippen molar-refractivity contribution in [3.05, 3.63) is 36.5 Å². The van der Waals surface area contributed by atoms with E-state index in [4.69, 9.17) is 19.3 Å². The van der Waals surface area contributed by atoms with Crippen molar-refractivity contribution in [2.75, 3.05) is 13.2 Å². The summed E-state index contributed by atoms with van der Waals surface area (Å²) in [6, 6.07) is 0. The third-order valence-corrected chi connectivity index (χ3v) is 10.8. The van der Waals surface area contributed by atoms with Crippen molar-refractivity contribution in [3.8, 4) is 0 Å². The average Bonchev–Trinajstić information content (AvgIpc) is 3.16. The fraction of sp³-hybridized carbons (Fsp3) is 0.826. The molecule has 0 bridgehead atoms. The van der Waals surface area contributed by atoms with Crippen LogP contribution in [0, 0.1) is 5.92 Å². The molecule has 3 atom stereocenters. The molecule has 0 aromatic carbocycles. The summed E-state index contributed by atoms with van der Waals surface area (Å²) in [6.07, 6.45) is 43.4. The Balaban J connectivity index is 3.88. The number of hydrogen-bond acceptors (Lipinski definition) is 7. The molecule has 9 nitrogen and oxygen atoms in total. The van der Waals surface area contributed by atoms with Crippen LogP contribution in [0.1, 0.15) is 213 Å². The van der Waals surface area contributed by atoms with Gasteiger partial charge in [-0.05, 0) is 44.4 Å². The minimum Gasteiger partial charge on any atom is -0.462 e. The van der Waals surface area contributed by atoms with Gasteiger partial charge in [-0.3, -0.25) is 14.1 Å². The summed E-state index contributed by atoms with van der Waals surface area (Å²) in [6.45, 7) is 5.87. The first-order valence-corrected chi connectivity index (χ1v) is 24.3. The van der Waals surface area contributed by atoms with Crippen LogP contribution in [0.4, 0.5) is 0 Å². The van der Waals surface area contributed by atoms with Crippen molar-refractivity contribution in [1.29, 1.82) is 0 Å². The largest absolute Gasteiger partial charge is 0.469 e. The molecule has 0 saturated heterocycles. The third kappa shape index (κ3) is 41.9. The van der Waals surface area contributed by atoms with Gasteiger partial charge in [-0.25, -0.2) is 4.57 Å². The molecule has 0 amide bonds. The maximum atomic E-state index is 12.4. The molecule has 3 N–H and O–H groups in total. The molecule has 0 fully saturated rings. The zero-order valence-corrected chi connectivity index (χ0v) is 37.0. The van der Waals surface area contributed by atoms with E-state index in [-0.39, 0.29) is 19.4 Å². The molecule has 2 unspecified atom stereocenters. The van der Waals surface area contributed by atoms with E-state index >= 15 is 0 Å². The van der Waals surface area contributed by atoms with Crippen molar-refractivity contribution in [2.45, 2.75) is 226 Å². The van der Waals surface area contributed by atoms with Crippen LogP contribution in [0.5, 0.6) is 0 Å². The van der Waals surface area contributed by atoms with Crippen LogP contribution in [-0.2, 0) is 28.2 Å². The minimum absolute atomic E-state index is 0.167. The summed E-state index contributed by atoms with van der Waals surface area (Å²) in [4.78, 5) is 42.9. The fourth-order valence-electron chi connectivity index (χ4n) is 6.50. The number of aliphatic hydroxyl groups is 1. The first-order valence-electron chi connectivity index (χ1n) is 22.8. The highest BCUT2D eigenvalue weighted by atomic mass is 31.2. The Morgan fingerprint density at radius 3 is 1.59 bits per heavy atom. The van der Waals surface area contributed by atoms with Crippen LogP contribution >= 0.6 is 7.82 Å². The predicted molar refractivity (Wildman–Crippen MR) is 231 cm³/mol. The van der Waals surface area contributed by atoms with Crippen molar-refractivity contribution in [2.24, 2.45) is 5.92 Å². The van der Waals surface area contributed by atoms with Gasteiger partial charge in [0.1, 0.15) is 6.61 Å². The van der Waals surface area contributed by atoms with E-state index < -0.39 is 38.6 Å². The number of carbonyl (C=O) groups excluding carboxylic acids is 2. The molecule has 0 aliphatic carbocycles. The Kier molecular flexibility index (Phi) is 38.8. The van der Waals surface area contributed by atoms with E-state index in [1.54, 1.807) is 6.08 Å². The molecule has 0 radical (unpaired) electrons. The van der Waals surface area contributed by atoms with Gasteiger partial charge in [-0.1, -0.05) is 198 Å². The lowest BCUT2D eigenvalue weighted by Gasteiger charge is -2.18. The van der Waals surface area contributed by atoms with Crippen molar-refractivity contribution >= 4 is 19.8 Å². The molecular weight excluding hydrogens is 727 g/mol. The number of phosphoric acid groups is 1. The molecular formula is C46H85O9P. The Hall–Kier alpha value is -1.77. The van der Waals surface area contributed by atoms with Gasteiger partial charge in [0.2, 0.25) is 0 Å². The summed E-state index contributed by atoms with van der Waals surface area (Å²) in [5.74, 6) is -0.0343. The SMILES string of the molecule is CC/C=C/CC(O)/C=C/C=C/CCCCCCCC(=O)O[C@H](COC(=O)CCCCCCCCCCCCCCCCCCCCC(C)CC)COP(=O)(O)O. The number of rotatable bonds is 41. The van der Waals surface area contributed by atoms with Crippen LogP contribution in [0.2, 0.25) is 0 Å². The number of esters is 2. The van der Waals surface area contributed by atoms with Crippen LogP contribution in [0.15, 0.2) is 36.5 Å². The van der Waals surface area contributed by atoms with E-state index in [2.05, 4.69) is 31.4 Å². The normalized spacial score (nSPS) is 13.9. The second kappa shape index (κ2) is 40.0. The molecule has 0 aromatic rings. The van der Waals surface area contributed by atoms with Gasteiger partial charge < -0.3 is 24.4 Å². The summed E-state index contributed by atoms with van der Waals surface area (Å²) >= 11 is 0. The van der Waals surface area contributed by atoms with Gasteiger partial charge >= 0.3 is 19.8 Å². The number of hydrogen-bond donors (Lipinski definition) is 3. The smallest absolute Gasteiger partial charge is 0.462 e. The highest BCUT2D eigenvalue weighted by Crippen LogP contribution is 2.36. The Morgan fingerprint density at radius 2 is 1.09 bits per heavy atom. The van der Waals surface area contributed by atoms with Crippen LogP contribution in [-0.4, -0.2) is 52.3 Å². The zero-order chi connectivity index (χ0) is 41.4. The monoisotopic (exact) mass is 813 g/mol. The standard InChI is InChI=1S/C46H85O9P/c1-4-6-30-36-43(47)37-32-27-23-19-17-21-25-29-34-39-46(49)55-44(41-54-56(50,51)52)40-53-45(48)38-33-28-24-20-16-14-12-10-8-7-9-11-13-15-18-22-26-31-35-42(3)5-2/h6,23,27,30,32,37,42-44,47H,4-5,7-22,24-26,28-29,31,33-36,38-41H2,1-3H3,(H2,50,51,52)/b27-23+,30-6+,37-32+/t42?,43?,44-/m1/s1. The summed E-state index contributed by atoms with van der Waals surface area (Å²) in [7, 11) is -4.77. The number of carbonyl (C=O) groups is 2. The number of aliphatic hydroxyl groups excluding tert-OH is 1. The van der Waals surface area contributed by atoms with Gasteiger partial charge in [-0.15, -0.1) is 0 Å². The highest BCUT2D eigenvalue weighted by Gasteiger charge is 2.23. The summed E-state index contributed by atoms with van der Waals surface area (Å²) in [5.41, 5.74) is 0. The van der Waals surface area contributed by atoms with E-state index in [9.17, 15) is 19.3 Å². The summed E-state index contributed by atoms with van der Waals surface area (Å²) < 4.78 is 26.4. The average molecular weight is 813 g/mol. The predicted octanol–water partition coefficient (Wildman–Crippen LogP) is 13.0. The quantitative estimate of drug-likeness (QED) is 0.0181. The van der Waals surface area contributed by atoms with Crippen LogP contribution < -0.4 is 0 Å². The molecule has 0 aromatic heterocycles. The molecule has 0 rings (SSSR count). The highest BCUT2D eigenvalue weighted by molar-refractivity contribution is 7.46. The van der Waals surface area contributed by atoms with Gasteiger partial charge in [0, 0.05) is 12.8 Å². The number of allylic oxidation sites excluding steroid dienone is 4. The van der Waals surface area contributed by atoms with Gasteiger partial charge in [0.15, 0.2) is 6.10 Å².